The molecule has 0 aliphatic carbocycles. The minimum Gasteiger partial charge on any atom is -0.495 e. The van der Waals surface area contributed by atoms with Crippen molar-refractivity contribution in [2.24, 2.45) is 11.7 Å². The number of sulfonamides is 1. The van der Waals surface area contributed by atoms with Gasteiger partial charge in [-0.1, -0.05) is 18.2 Å². The highest BCUT2D eigenvalue weighted by atomic mass is 35.5. The van der Waals surface area contributed by atoms with E-state index in [4.69, 9.17) is 41.5 Å². The van der Waals surface area contributed by atoms with Crippen LogP contribution >= 0.6 is 11.6 Å². The molecule has 0 unspecified atom stereocenters. The summed E-state index contributed by atoms with van der Waals surface area (Å²) < 4.78 is 49.0. The highest BCUT2D eigenvalue weighted by Gasteiger charge is 2.26. The zero-order valence-electron chi connectivity index (χ0n) is 19.0. The minimum absolute atomic E-state index is 0.00323. The molecule has 0 spiro atoms. The summed E-state index contributed by atoms with van der Waals surface area (Å²) in [5, 5.41) is 9.09. The van der Waals surface area contributed by atoms with Crippen LogP contribution in [0.1, 0.15) is 10.4 Å². The number of anilines is 1. The van der Waals surface area contributed by atoms with Gasteiger partial charge in [0.15, 0.2) is 12.4 Å². The van der Waals surface area contributed by atoms with E-state index in [-0.39, 0.29) is 39.2 Å². The Hall–Kier alpha value is -3.95. The first kappa shape index (κ1) is 27.3. The molecule has 2 aromatic carbocycles. The van der Waals surface area contributed by atoms with E-state index in [1.807, 2.05) is 0 Å². The normalized spacial score (nSPS) is 11.5. The van der Waals surface area contributed by atoms with Crippen LogP contribution in [-0.2, 0) is 19.6 Å². The topological polar surface area (TPSA) is 167 Å². The number of allylic oxidation sites excluding steroid dienone is 1. The zero-order valence-corrected chi connectivity index (χ0v) is 20.5. The van der Waals surface area contributed by atoms with Gasteiger partial charge in [-0.05, 0) is 24.3 Å². The molecule has 13 heteroatoms. The minimum atomic E-state index is -4.34. The van der Waals surface area contributed by atoms with Gasteiger partial charge in [0.2, 0.25) is 0 Å². The van der Waals surface area contributed by atoms with E-state index in [0.717, 1.165) is 6.07 Å². The van der Waals surface area contributed by atoms with E-state index in [1.165, 1.54) is 45.6 Å². The Labute approximate surface area is 207 Å². The quantitative estimate of drug-likeness (QED) is 0.417. The average Bonchev–Trinajstić information content (AvgIpc) is 2.82. The molecule has 0 heterocycles. The van der Waals surface area contributed by atoms with Gasteiger partial charge in [-0.3, -0.25) is 9.52 Å². The number of carbonyl (C=O) groups is 2. The van der Waals surface area contributed by atoms with Crippen molar-refractivity contribution in [1.29, 1.82) is 5.26 Å². The van der Waals surface area contributed by atoms with E-state index in [2.05, 4.69) is 11.3 Å². The first-order valence-electron chi connectivity index (χ1n) is 9.65. The Bertz CT molecular complexity index is 1300. The van der Waals surface area contributed by atoms with Crippen LogP contribution in [-0.4, -0.2) is 48.1 Å². The Morgan fingerprint density at radius 1 is 1.11 bits per heavy atom. The first-order chi connectivity index (χ1) is 16.5. The Balaban J connectivity index is 2.36. The summed E-state index contributed by atoms with van der Waals surface area (Å²) in [4.78, 5) is 24.1. The van der Waals surface area contributed by atoms with Crippen LogP contribution in [0.3, 0.4) is 0 Å². The van der Waals surface area contributed by atoms with Crippen LogP contribution in [0.2, 0.25) is 5.02 Å². The second kappa shape index (κ2) is 11.5. The Morgan fingerprint density at radius 3 is 2.29 bits per heavy atom. The van der Waals surface area contributed by atoms with Gasteiger partial charge < -0.3 is 24.7 Å². The van der Waals surface area contributed by atoms with Gasteiger partial charge >= 0.3 is 5.97 Å². The summed E-state index contributed by atoms with van der Waals surface area (Å²) in [7, 11) is -0.375. The van der Waals surface area contributed by atoms with Gasteiger partial charge in [0.1, 0.15) is 28.1 Å². The molecule has 0 saturated carbocycles. The highest BCUT2D eigenvalue weighted by molar-refractivity contribution is 7.92. The van der Waals surface area contributed by atoms with E-state index < -0.39 is 39.2 Å². The number of carbonyl (C=O) groups excluding carboxylic acids is 2. The van der Waals surface area contributed by atoms with Crippen molar-refractivity contribution in [1.82, 2.24) is 0 Å². The smallest absolute Gasteiger partial charge is 0.338 e. The van der Waals surface area contributed by atoms with Crippen molar-refractivity contribution in [3.8, 4) is 23.3 Å². The number of nitrogens with two attached hydrogens (primary N) is 1. The van der Waals surface area contributed by atoms with Crippen molar-refractivity contribution in [3.05, 3.63) is 53.2 Å². The molecule has 0 saturated heterocycles. The van der Waals surface area contributed by atoms with Crippen molar-refractivity contribution in [3.63, 3.8) is 0 Å². The zero-order chi connectivity index (χ0) is 26.3. The third-order valence-electron chi connectivity index (χ3n) is 4.57. The number of nitrogens with zero attached hydrogens (tertiary/aromatic N) is 1. The fraction of sp³-hybridized carbons (Fsp3) is 0.227. The summed E-state index contributed by atoms with van der Waals surface area (Å²) in [5.41, 5.74) is 5.00. The van der Waals surface area contributed by atoms with Crippen LogP contribution < -0.4 is 24.7 Å². The number of benzene rings is 2. The summed E-state index contributed by atoms with van der Waals surface area (Å²) in [5.74, 6) is -2.82. The van der Waals surface area contributed by atoms with Crippen LogP contribution in [0.15, 0.2) is 47.5 Å². The summed E-state index contributed by atoms with van der Waals surface area (Å²) in [6, 6.07) is 7.85. The molecule has 186 valence electrons. The highest BCUT2D eigenvalue weighted by Crippen LogP contribution is 2.37. The van der Waals surface area contributed by atoms with Crippen LogP contribution in [0, 0.1) is 17.2 Å². The average molecular weight is 524 g/mol. The third kappa shape index (κ3) is 6.34. The van der Waals surface area contributed by atoms with Gasteiger partial charge in [0.05, 0.1) is 43.7 Å². The second-order valence-corrected chi connectivity index (χ2v) is 8.90. The third-order valence-corrected chi connectivity index (χ3v) is 6.26. The number of nitriles is 1. The number of halogens is 1. The van der Waals surface area contributed by atoms with E-state index in [1.54, 1.807) is 6.07 Å². The largest absolute Gasteiger partial charge is 0.495 e. The maximum Gasteiger partial charge on any atom is 0.338 e. The number of methoxy groups -OCH3 is 3. The standard InChI is InChI=1S/C22H22ClN3O8S/c1-12(25)14(10-24)17(27)11-34-22(28)13-5-6-18(31-2)21(7-13)35(29,30)26-16-8-15(23)19(32-3)9-20(16)33-4/h5-9,14,26H,1,11,25H2,2-4H3/t14-/m0/s1. The molecule has 0 aromatic heterocycles. The SMILES string of the molecule is C=C(N)[C@H](C#N)C(=O)COC(=O)c1ccc(OC)c(S(=O)(=O)Nc2cc(Cl)c(OC)cc2OC)c1. The number of ketones is 1. The van der Waals surface area contributed by atoms with Crippen LogP contribution in [0.25, 0.3) is 0 Å². The molecule has 0 amide bonds. The molecule has 0 radical (unpaired) electrons. The van der Waals surface area contributed by atoms with E-state index in [9.17, 15) is 18.0 Å². The molecule has 2 aromatic rings. The number of nitrogens with one attached hydrogen (secondary N) is 1. The monoisotopic (exact) mass is 523 g/mol. The van der Waals surface area contributed by atoms with Gasteiger partial charge in [0.25, 0.3) is 10.0 Å². The van der Waals surface area contributed by atoms with Crippen molar-refractivity contribution in [2.45, 2.75) is 4.90 Å². The van der Waals surface area contributed by atoms with Crippen molar-refractivity contribution < 1.29 is 37.0 Å². The van der Waals surface area contributed by atoms with Gasteiger partial charge in [0, 0.05) is 11.8 Å². The second-order valence-electron chi connectivity index (χ2n) is 6.84. The predicted molar refractivity (Wildman–Crippen MR) is 126 cm³/mol. The molecular weight excluding hydrogens is 502 g/mol. The van der Waals surface area contributed by atoms with Gasteiger partial charge in [-0.15, -0.1) is 0 Å². The van der Waals surface area contributed by atoms with Gasteiger partial charge in [-0.25, -0.2) is 13.2 Å². The summed E-state index contributed by atoms with van der Waals surface area (Å²) in [6.45, 7) is 2.57. The molecular formula is C22H22ClN3O8S. The van der Waals surface area contributed by atoms with Crippen LogP contribution in [0.4, 0.5) is 5.69 Å². The molecule has 0 bridgehead atoms. The number of esters is 1. The number of hydrogen-bond acceptors (Lipinski definition) is 10. The van der Waals surface area contributed by atoms with Gasteiger partial charge in [-0.2, -0.15) is 5.26 Å². The lowest BCUT2D eigenvalue weighted by Gasteiger charge is -2.16. The van der Waals surface area contributed by atoms with Crippen molar-refractivity contribution in [2.75, 3.05) is 32.7 Å². The summed E-state index contributed by atoms with van der Waals surface area (Å²) in [6.07, 6.45) is 0. The molecule has 0 aliphatic heterocycles. The molecule has 2 rings (SSSR count). The maximum atomic E-state index is 13.2. The Morgan fingerprint density at radius 2 is 1.74 bits per heavy atom. The number of rotatable bonds is 11. The number of Topliss-reactive ketones (excluding diaryl/α,β-unsaturated/α-hetero) is 1. The predicted octanol–water partition coefficient (Wildman–Crippen LogP) is 2.50. The molecule has 1 atom stereocenters. The fourth-order valence-electron chi connectivity index (χ4n) is 2.82. The summed E-state index contributed by atoms with van der Waals surface area (Å²) >= 11 is 6.11. The lowest BCUT2D eigenvalue weighted by molar-refractivity contribution is -0.123. The lowest BCUT2D eigenvalue weighted by atomic mass is 10.0. The maximum absolute atomic E-state index is 13.2. The lowest BCUT2D eigenvalue weighted by Crippen LogP contribution is -2.25. The number of hydrogen-bond donors (Lipinski definition) is 2. The van der Waals surface area contributed by atoms with Crippen LogP contribution in [0.5, 0.6) is 17.2 Å². The fourth-order valence-corrected chi connectivity index (χ4v) is 4.32. The first-order valence-corrected chi connectivity index (χ1v) is 11.5. The molecule has 0 aliphatic rings. The molecule has 11 nitrogen and oxygen atoms in total. The van der Waals surface area contributed by atoms with E-state index >= 15 is 0 Å². The molecule has 35 heavy (non-hydrogen) atoms. The Kier molecular flexibility index (Phi) is 8.93. The molecule has 0 fully saturated rings. The molecule has 3 N–H and O–H groups in total. The van der Waals surface area contributed by atoms with E-state index in [0.29, 0.717) is 0 Å². The van der Waals surface area contributed by atoms with Crippen molar-refractivity contribution >= 4 is 39.1 Å². The number of ether oxygens (including phenoxy) is 4.